The molecular weight excluding hydrogens is 412 g/mol. The largest absolute Gasteiger partial charge is 0.378 e. The van der Waals surface area contributed by atoms with Crippen LogP contribution in [0, 0.1) is 0 Å². The molecule has 1 saturated heterocycles. The van der Waals surface area contributed by atoms with Crippen LogP contribution < -0.4 is 10.2 Å². The van der Waals surface area contributed by atoms with E-state index in [1.54, 1.807) is 0 Å². The molecule has 9 heteroatoms. The zero-order valence-corrected chi connectivity index (χ0v) is 19.6. The highest BCUT2D eigenvalue weighted by Crippen LogP contribution is 2.23. The lowest BCUT2D eigenvalue weighted by atomic mass is 10.2. The molecule has 1 atom stereocenters. The summed E-state index contributed by atoms with van der Waals surface area (Å²) in [6.45, 7) is 9.59. The van der Waals surface area contributed by atoms with Crippen LogP contribution in [0.1, 0.15) is 32.2 Å². The van der Waals surface area contributed by atoms with Crippen LogP contribution in [0.25, 0.3) is 22.6 Å². The minimum atomic E-state index is -0.943. The fraction of sp³-hybridized carbons (Fsp3) is 0.500. The standard InChI is InChI=1S/C20H26N6O2S.C2H6/c1-3-29(27)13-15-11-19(26-6-8-28-9-7-26)25-20(23-15)17-5-4-16-18(24-17)10-14(22-16)12-21-2;1-2/h4-5,10-11,21-22H,3,6-9,12-13H2,1-2H3;1-2H3. The van der Waals surface area contributed by atoms with Crippen LogP contribution in [-0.2, 0) is 27.8 Å². The Labute approximate surface area is 186 Å². The van der Waals surface area contributed by atoms with Crippen molar-refractivity contribution in [2.24, 2.45) is 0 Å². The van der Waals surface area contributed by atoms with E-state index in [9.17, 15) is 4.21 Å². The van der Waals surface area contributed by atoms with Gasteiger partial charge in [-0.2, -0.15) is 0 Å². The third-order valence-electron chi connectivity index (χ3n) is 4.86. The molecule has 0 spiro atoms. The van der Waals surface area contributed by atoms with Crippen LogP contribution in [0.5, 0.6) is 0 Å². The molecule has 1 aliphatic heterocycles. The first-order chi connectivity index (χ1) is 15.2. The quantitative estimate of drug-likeness (QED) is 0.578. The molecule has 8 nitrogen and oxygen atoms in total. The second-order valence-electron chi connectivity index (χ2n) is 6.97. The van der Waals surface area contributed by atoms with E-state index in [0.29, 0.717) is 36.2 Å². The number of pyridine rings is 1. The van der Waals surface area contributed by atoms with Crippen LogP contribution in [0.3, 0.4) is 0 Å². The van der Waals surface area contributed by atoms with Crippen LogP contribution in [0.2, 0.25) is 0 Å². The van der Waals surface area contributed by atoms with Crippen LogP contribution in [-0.4, -0.2) is 63.2 Å². The minimum Gasteiger partial charge on any atom is -0.378 e. The van der Waals surface area contributed by atoms with Gasteiger partial charge in [0.15, 0.2) is 5.82 Å². The number of aromatic nitrogens is 4. The van der Waals surface area contributed by atoms with Crippen molar-refractivity contribution in [3.63, 3.8) is 0 Å². The third kappa shape index (κ3) is 5.87. The SMILES string of the molecule is CC.CCS(=O)Cc1cc(N2CCOCC2)nc(-c2ccc3[nH]c(CNC)cc3n2)n1. The Morgan fingerprint density at radius 2 is 1.94 bits per heavy atom. The van der Waals surface area contributed by atoms with Gasteiger partial charge in [-0.25, -0.2) is 15.0 Å². The third-order valence-corrected chi connectivity index (χ3v) is 6.12. The van der Waals surface area contributed by atoms with Gasteiger partial charge in [-0.15, -0.1) is 0 Å². The predicted octanol–water partition coefficient (Wildman–Crippen LogP) is 2.87. The first-order valence-corrected chi connectivity index (χ1v) is 12.3. The van der Waals surface area contributed by atoms with E-state index in [-0.39, 0.29) is 0 Å². The number of morpholine rings is 1. The summed E-state index contributed by atoms with van der Waals surface area (Å²) in [5.41, 5.74) is 4.44. The van der Waals surface area contributed by atoms with Gasteiger partial charge in [0.2, 0.25) is 0 Å². The lowest BCUT2D eigenvalue weighted by Gasteiger charge is -2.28. The molecule has 2 N–H and O–H groups in total. The molecule has 0 radical (unpaired) electrons. The van der Waals surface area contributed by atoms with Gasteiger partial charge in [0.25, 0.3) is 0 Å². The highest BCUT2D eigenvalue weighted by atomic mass is 32.2. The highest BCUT2D eigenvalue weighted by molar-refractivity contribution is 7.84. The Morgan fingerprint density at radius 3 is 2.65 bits per heavy atom. The minimum absolute atomic E-state index is 0.419. The van der Waals surface area contributed by atoms with Crippen molar-refractivity contribution in [3.8, 4) is 11.5 Å². The van der Waals surface area contributed by atoms with E-state index in [1.807, 2.05) is 52.1 Å². The van der Waals surface area contributed by atoms with Crippen molar-refractivity contribution in [2.75, 3.05) is 44.0 Å². The maximum Gasteiger partial charge on any atom is 0.180 e. The Kier molecular flexibility index (Phi) is 8.51. The molecule has 0 saturated carbocycles. The molecule has 0 amide bonds. The molecule has 4 heterocycles. The van der Waals surface area contributed by atoms with Crippen LogP contribution >= 0.6 is 0 Å². The second-order valence-corrected chi connectivity index (χ2v) is 8.71. The number of hydrogen-bond acceptors (Lipinski definition) is 7. The summed E-state index contributed by atoms with van der Waals surface area (Å²) >= 11 is 0. The van der Waals surface area contributed by atoms with Crippen molar-refractivity contribution >= 4 is 27.7 Å². The summed E-state index contributed by atoms with van der Waals surface area (Å²) in [7, 11) is 0.971. The van der Waals surface area contributed by atoms with Gasteiger partial charge < -0.3 is 19.9 Å². The second kappa shape index (κ2) is 11.3. The number of fused-ring (bicyclic) bond motifs is 1. The molecule has 3 aromatic heterocycles. The Hall–Kier alpha value is -2.36. The number of ether oxygens (including phenoxy) is 1. The van der Waals surface area contributed by atoms with Crippen molar-refractivity contribution in [2.45, 2.75) is 33.1 Å². The number of anilines is 1. The van der Waals surface area contributed by atoms with Crippen LogP contribution in [0.4, 0.5) is 5.82 Å². The molecule has 0 aliphatic carbocycles. The molecule has 1 aliphatic rings. The number of H-pyrrole nitrogens is 1. The predicted molar refractivity (Wildman–Crippen MR) is 127 cm³/mol. The average Bonchev–Trinajstić information content (AvgIpc) is 3.22. The topological polar surface area (TPSA) is 96.0 Å². The smallest absolute Gasteiger partial charge is 0.180 e. The number of rotatable bonds is 7. The first kappa shape index (κ1) is 23.3. The molecule has 1 unspecified atom stereocenters. The van der Waals surface area contributed by atoms with E-state index < -0.39 is 10.8 Å². The summed E-state index contributed by atoms with van der Waals surface area (Å²) in [4.78, 5) is 19.8. The summed E-state index contributed by atoms with van der Waals surface area (Å²) < 4.78 is 17.6. The number of nitrogens with one attached hydrogen (secondary N) is 2. The van der Waals surface area contributed by atoms with Crippen molar-refractivity contribution in [1.29, 1.82) is 0 Å². The Morgan fingerprint density at radius 1 is 1.16 bits per heavy atom. The van der Waals surface area contributed by atoms with E-state index in [4.69, 9.17) is 14.7 Å². The summed E-state index contributed by atoms with van der Waals surface area (Å²) in [6, 6.07) is 7.92. The maximum absolute atomic E-state index is 12.1. The number of aromatic amines is 1. The van der Waals surface area contributed by atoms with Gasteiger partial charge in [0.1, 0.15) is 11.5 Å². The zero-order chi connectivity index (χ0) is 22.2. The lowest BCUT2D eigenvalue weighted by Crippen LogP contribution is -2.37. The molecule has 1 fully saturated rings. The molecule has 168 valence electrons. The lowest BCUT2D eigenvalue weighted by molar-refractivity contribution is 0.122. The highest BCUT2D eigenvalue weighted by Gasteiger charge is 2.17. The molecular formula is C22H32N6O2S. The van der Waals surface area contributed by atoms with Gasteiger partial charge in [-0.1, -0.05) is 20.8 Å². The van der Waals surface area contributed by atoms with E-state index in [0.717, 1.165) is 47.9 Å². The van der Waals surface area contributed by atoms with E-state index in [2.05, 4.69) is 20.2 Å². The monoisotopic (exact) mass is 444 g/mol. The van der Waals surface area contributed by atoms with Crippen molar-refractivity contribution in [1.82, 2.24) is 25.3 Å². The first-order valence-electron chi connectivity index (χ1n) is 10.9. The fourth-order valence-corrected chi connectivity index (χ4v) is 4.05. The number of hydrogen-bond donors (Lipinski definition) is 2. The van der Waals surface area contributed by atoms with E-state index in [1.165, 1.54) is 0 Å². The number of nitrogens with zero attached hydrogens (tertiary/aromatic N) is 4. The normalized spacial score (nSPS) is 14.9. The maximum atomic E-state index is 12.1. The molecule has 3 aromatic rings. The Bertz CT molecular complexity index is 1020. The van der Waals surface area contributed by atoms with E-state index >= 15 is 0 Å². The summed E-state index contributed by atoms with van der Waals surface area (Å²) in [5.74, 6) is 2.43. The van der Waals surface area contributed by atoms with Gasteiger partial charge in [-0.3, -0.25) is 4.21 Å². The van der Waals surface area contributed by atoms with Crippen molar-refractivity contribution < 1.29 is 8.95 Å². The summed E-state index contributed by atoms with van der Waals surface area (Å²) in [5, 5.41) is 3.14. The van der Waals surface area contributed by atoms with Crippen LogP contribution in [0.15, 0.2) is 24.3 Å². The molecule has 0 bridgehead atoms. The van der Waals surface area contributed by atoms with Gasteiger partial charge in [0, 0.05) is 47.9 Å². The average molecular weight is 445 g/mol. The molecule has 31 heavy (non-hydrogen) atoms. The Balaban J connectivity index is 0.00000132. The zero-order valence-electron chi connectivity index (χ0n) is 18.8. The van der Waals surface area contributed by atoms with Gasteiger partial charge >= 0.3 is 0 Å². The fourth-order valence-electron chi connectivity index (χ4n) is 3.37. The van der Waals surface area contributed by atoms with Crippen molar-refractivity contribution in [3.05, 3.63) is 35.7 Å². The van der Waals surface area contributed by atoms with Gasteiger partial charge in [0.05, 0.1) is 35.7 Å². The summed E-state index contributed by atoms with van der Waals surface area (Å²) in [6.07, 6.45) is 0. The molecule has 0 aromatic carbocycles. The molecule has 4 rings (SSSR count). The van der Waals surface area contributed by atoms with Gasteiger partial charge in [-0.05, 0) is 25.2 Å².